The van der Waals surface area contributed by atoms with E-state index in [4.69, 9.17) is 10.5 Å². The molecule has 38 heavy (non-hydrogen) atoms. The third kappa shape index (κ3) is 5.37. The number of methoxy groups -OCH3 is 1. The molecule has 0 aromatic heterocycles. The Morgan fingerprint density at radius 2 is 1.76 bits per heavy atom. The predicted octanol–water partition coefficient (Wildman–Crippen LogP) is 3.47. The molecule has 0 unspecified atom stereocenters. The van der Waals surface area contributed by atoms with Gasteiger partial charge in [-0.3, -0.25) is 19.7 Å². The van der Waals surface area contributed by atoms with Crippen LogP contribution >= 0.6 is 0 Å². The largest absolute Gasteiger partial charge is 0.495 e. The van der Waals surface area contributed by atoms with E-state index in [2.05, 4.69) is 22.2 Å². The van der Waals surface area contributed by atoms with Crippen molar-refractivity contribution in [2.45, 2.75) is 0 Å². The summed E-state index contributed by atoms with van der Waals surface area (Å²) in [5.74, 6) is -0.624. The maximum atomic E-state index is 13.5. The first kappa shape index (κ1) is 26.4. The van der Waals surface area contributed by atoms with E-state index in [9.17, 15) is 19.7 Å². The Hall–Kier alpha value is -4.64. The molecule has 198 valence electrons. The van der Waals surface area contributed by atoms with Gasteiger partial charge in [0.15, 0.2) is 0 Å². The number of ether oxygens (including phenoxy) is 1. The molecule has 4 rings (SSSR count). The zero-order chi connectivity index (χ0) is 27.4. The third-order valence-electron chi connectivity index (χ3n) is 6.61. The first-order valence-electron chi connectivity index (χ1n) is 12.0. The van der Waals surface area contributed by atoms with E-state index in [1.807, 2.05) is 24.3 Å². The van der Waals surface area contributed by atoms with Gasteiger partial charge in [-0.2, -0.15) is 0 Å². The van der Waals surface area contributed by atoms with Crippen molar-refractivity contribution in [2.24, 2.45) is 0 Å². The molecule has 3 aromatic rings. The van der Waals surface area contributed by atoms with Crippen LogP contribution in [0.4, 0.5) is 28.4 Å². The lowest BCUT2D eigenvalue weighted by Crippen LogP contribution is -2.45. The van der Waals surface area contributed by atoms with Gasteiger partial charge >= 0.3 is 0 Å². The van der Waals surface area contributed by atoms with Gasteiger partial charge in [0.05, 0.1) is 34.7 Å². The minimum Gasteiger partial charge on any atom is -0.495 e. The second-order valence-electron chi connectivity index (χ2n) is 9.01. The summed E-state index contributed by atoms with van der Waals surface area (Å²) in [6, 6.07) is 16.5. The number of nitrogens with zero attached hydrogens (tertiary/aromatic N) is 4. The number of amides is 2. The summed E-state index contributed by atoms with van der Waals surface area (Å²) in [4.78, 5) is 43.0. The fourth-order valence-electron chi connectivity index (χ4n) is 4.39. The number of carbonyl (C=O) groups excluding carboxylic acids is 2. The number of benzene rings is 3. The molecule has 1 saturated heterocycles. The maximum Gasteiger partial charge on any atom is 0.292 e. The third-order valence-corrected chi connectivity index (χ3v) is 6.61. The van der Waals surface area contributed by atoms with E-state index in [-0.39, 0.29) is 28.6 Å². The average Bonchev–Trinajstić information content (AvgIpc) is 2.92. The van der Waals surface area contributed by atoms with Crippen molar-refractivity contribution in [3.8, 4) is 5.75 Å². The topological polar surface area (TPSA) is 134 Å². The second kappa shape index (κ2) is 11.2. The van der Waals surface area contributed by atoms with Gasteiger partial charge < -0.3 is 30.5 Å². The number of likely N-dealkylation sites (N-methyl/N-ethyl adjacent to an activating group) is 1. The average molecular weight is 519 g/mol. The molecule has 1 heterocycles. The normalized spacial score (nSPS) is 13.6. The lowest BCUT2D eigenvalue weighted by molar-refractivity contribution is -0.383. The Balaban J connectivity index is 1.56. The van der Waals surface area contributed by atoms with Crippen LogP contribution in [0.3, 0.4) is 0 Å². The molecule has 1 aliphatic rings. The number of nitrogens with one attached hydrogen (secondary N) is 1. The Labute approximate surface area is 220 Å². The monoisotopic (exact) mass is 518 g/mol. The molecular formula is C27H30N6O5. The van der Waals surface area contributed by atoms with Gasteiger partial charge in [0.2, 0.25) is 0 Å². The molecule has 0 radical (unpaired) electrons. The maximum absolute atomic E-state index is 13.5. The SMILES string of the molecule is COc1cc(C(=O)N(C)c2ccccc2N2CCN(C)CC2)ccc1NC(=O)c1cccc([N+](=O)[O-])c1N. The van der Waals surface area contributed by atoms with Gasteiger partial charge in [-0.1, -0.05) is 18.2 Å². The van der Waals surface area contributed by atoms with Crippen LogP contribution in [0.5, 0.6) is 5.75 Å². The van der Waals surface area contributed by atoms with E-state index >= 15 is 0 Å². The van der Waals surface area contributed by atoms with Crippen molar-refractivity contribution in [3.63, 3.8) is 0 Å². The molecule has 1 aliphatic heterocycles. The number of carbonyl (C=O) groups is 2. The number of hydrogen-bond acceptors (Lipinski definition) is 8. The molecule has 11 heteroatoms. The van der Waals surface area contributed by atoms with Gasteiger partial charge in [-0.25, -0.2) is 0 Å². The van der Waals surface area contributed by atoms with Gasteiger partial charge in [0, 0.05) is 44.9 Å². The van der Waals surface area contributed by atoms with Crippen molar-refractivity contribution in [2.75, 3.05) is 68.2 Å². The van der Waals surface area contributed by atoms with E-state index in [0.717, 1.165) is 37.6 Å². The molecule has 3 aromatic carbocycles. The highest BCUT2D eigenvalue weighted by molar-refractivity contribution is 6.11. The Bertz CT molecular complexity index is 1370. The molecule has 0 spiro atoms. The fourth-order valence-corrected chi connectivity index (χ4v) is 4.39. The highest BCUT2D eigenvalue weighted by atomic mass is 16.6. The van der Waals surface area contributed by atoms with E-state index in [1.165, 1.54) is 25.3 Å². The Morgan fingerprint density at radius 1 is 1.05 bits per heavy atom. The molecular weight excluding hydrogens is 488 g/mol. The zero-order valence-electron chi connectivity index (χ0n) is 21.5. The summed E-state index contributed by atoms with van der Waals surface area (Å²) in [5.41, 5.74) is 7.65. The molecule has 1 fully saturated rings. The van der Waals surface area contributed by atoms with Crippen LogP contribution < -0.4 is 25.6 Å². The molecule has 0 saturated carbocycles. The van der Waals surface area contributed by atoms with Crippen LogP contribution in [0.2, 0.25) is 0 Å². The number of nitrogen functional groups attached to an aromatic ring is 1. The first-order chi connectivity index (χ1) is 18.2. The van der Waals surface area contributed by atoms with Crippen molar-refractivity contribution in [1.29, 1.82) is 0 Å². The quantitative estimate of drug-likeness (QED) is 0.276. The van der Waals surface area contributed by atoms with Crippen LogP contribution in [0, 0.1) is 10.1 Å². The van der Waals surface area contributed by atoms with Crippen molar-refractivity contribution < 1.29 is 19.2 Å². The van der Waals surface area contributed by atoms with E-state index in [0.29, 0.717) is 11.3 Å². The lowest BCUT2D eigenvalue weighted by atomic mass is 10.1. The van der Waals surface area contributed by atoms with Crippen molar-refractivity contribution >= 4 is 40.3 Å². The summed E-state index contributed by atoms with van der Waals surface area (Å²) in [7, 11) is 5.24. The van der Waals surface area contributed by atoms with Gasteiger partial charge in [-0.15, -0.1) is 0 Å². The summed E-state index contributed by atoms with van der Waals surface area (Å²) in [6.07, 6.45) is 0. The number of anilines is 4. The molecule has 2 amide bonds. The number of nitrogens with two attached hydrogens (primary N) is 1. The van der Waals surface area contributed by atoms with Crippen LogP contribution in [0.25, 0.3) is 0 Å². The molecule has 0 atom stereocenters. The van der Waals surface area contributed by atoms with Crippen LogP contribution in [-0.2, 0) is 0 Å². The molecule has 0 bridgehead atoms. The van der Waals surface area contributed by atoms with Gasteiger partial charge in [0.25, 0.3) is 17.5 Å². The number of piperazine rings is 1. The minimum atomic E-state index is -0.647. The zero-order valence-corrected chi connectivity index (χ0v) is 21.5. The Morgan fingerprint density at radius 3 is 2.45 bits per heavy atom. The number of nitro benzene ring substituents is 1. The highest BCUT2D eigenvalue weighted by Gasteiger charge is 2.24. The molecule has 0 aliphatic carbocycles. The summed E-state index contributed by atoms with van der Waals surface area (Å²) < 4.78 is 5.44. The molecule has 11 nitrogen and oxygen atoms in total. The lowest BCUT2D eigenvalue weighted by Gasteiger charge is -2.36. The number of rotatable bonds is 7. The summed E-state index contributed by atoms with van der Waals surface area (Å²) in [6.45, 7) is 3.62. The van der Waals surface area contributed by atoms with Crippen LogP contribution in [0.1, 0.15) is 20.7 Å². The van der Waals surface area contributed by atoms with Crippen molar-refractivity contribution in [1.82, 2.24) is 4.90 Å². The number of nitro groups is 1. The van der Waals surface area contributed by atoms with Crippen LogP contribution in [0.15, 0.2) is 60.7 Å². The van der Waals surface area contributed by atoms with E-state index in [1.54, 1.807) is 30.1 Å². The van der Waals surface area contributed by atoms with Crippen molar-refractivity contribution in [3.05, 3.63) is 81.9 Å². The van der Waals surface area contributed by atoms with E-state index < -0.39 is 10.8 Å². The fraction of sp³-hybridized carbons (Fsp3) is 0.259. The highest BCUT2D eigenvalue weighted by Crippen LogP contribution is 2.33. The van der Waals surface area contributed by atoms with Gasteiger partial charge in [0.1, 0.15) is 11.4 Å². The van der Waals surface area contributed by atoms with Crippen LogP contribution in [-0.4, -0.2) is 69.0 Å². The standard InChI is InChI=1S/C27H30N6O5/c1-30-13-15-32(16-14-30)22-9-5-4-8-21(22)31(2)27(35)18-11-12-20(24(17-18)38-3)29-26(34)19-7-6-10-23(25(19)28)33(36)37/h4-12,17H,13-16,28H2,1-3H3,(H,29,34). The second-order valence-corrected chi connectivity index (χ2v) is 9.01. The smallest absolute Gasteiger partial charge is 0.292 e. The number of hydrogen-bond donors (Lipinski definition) is 2. The first-order valence-corrected chi connectivity index (χ1v) is 12.0. The minimum absolute atomic E-state index is 0.0401. The Kier molecular flexibility index (Phi) is 7.77. The number of para-hydroxylation sites is 3. The van der Waals surface area contributed by atoms with Gasteiger partial charge in [-0.05, 0) is 43.4 Å². The molecule has 3 N–H and O–H groups in total. The predicted molar refractivity (Wildman–Crippen MR) is 147 cm³/mol. The summed E-state index contributed by atoms with van der Waals surface area (Å²) >= 11 is 0. The summed E-state index contributed by atoms with van der Waals surface area (Å²) in [5, 5.41) is 13.8.